The van der Waals surface area contributed by atoms with Gasteiger partial charge in [0, 0.05) is 6.04 Å². The van der Waals surface area contributed by atoms with Gasteiger partial charge in [0.25, 0.3) is 0 Å². The molecule has 1 atom stereocenters. The molecule has 1 N–H and O–H groups in total. The molecule has 0 aliphatic carbocycles. The number of benzene rings is 2. The fraction of sp³-hybridized carbons (Fsp3) is 0.409. The van der Waals surface area contributed by atoms with Crippen LogP contribution in [0, 0.1) is 5.41 Å². The molecule has 1 fully saturated rings. The van der Waals surface area contributed by atoms with Crippen LogP contribution in [0.3, 0.4) is 0 Å². The van der Waals surface area contributed by atoms with Crippen LogP contribution >= 0.6 is 0 Å². The van der Waals surface area contributed by atoms with Gasteiger partial charge in [0.05, 0.1) is 25.2 Å². The van der Waals surface area contributed by atoms with Crippen molar-refractivity contribution >= 4 is 5.91 Å². The molecule has 0 bridgehead atoms. The topological polar surface area (TPSA) is 47.6 Å². The summed E-state index contributed by atoms with van der Waals surface area (Å²) < 4.78 is 10.7. The van der Waals surface area contributed by atoms with Crippen molar-refractivity contribution in [1.82, 2.24) is 5.32 Å². The van der Waals surface area contributed by atoms with Gasteiger partial charge in [0.2, 0.25) is 5.91 Å². The van der Waals surface area contributed by atoms with Crippen molar-refractivity contribution in [3.05, 3.63) is 54.1 Å². The Morgan fingerprint density at radius 3 is 2.19 bits per heavy atom. The van der Waals surface area contributed by atoms with Gasteiger partial charge in [-0.3, -0.25) is 4.79 Å². The summed E-state index contributed by atoms with van der Waals surface area (Å²) in [4.78, 5) is 12.3. The Balaban J connectivity index is 1.57. The lowest BCUT2D eigenvalue weighted by atomic mass is 9.87. The van der Waals surface area contributed by atoms with Crippen LogP contribution in [-0.2, 0) is 16.0 Å². The summed E-state index contributed by atoms with van der Waals surface area (Å²) in [6.45, 7) is 7.68. The van der Waals surface area contributed by atoms with E-state index >= 15 is 0 Å². The van der Waals surface area contributed by atoms with E-state index in [0.29, 0.717) is 19.8 Å². The van der Waals surface area contributed by atoms with E-state index in [1.54, 1.807) is 0 Å². The summed E-state index contributed by atoms with van der Waals surface area (Å²) >= 11 is 0. The summed E-state index contributed by atoms with van der Waals surface area (Å²) in [7, 11) is 0. The number of amides is 1. The standard InChI is InChI=1S/C22H27NO3/c1-4-26-20-11-9-19(10-12-20)18-7-5-17(6-8-18)13-16(2)23-21(24)22(3)14-25-15-22/h5-12,16H,4,13-15H2,1-3H3,(H,23,24). The fourth-order valence-electron chi connectivity index (χ4n) is 3.09. The lowest BCUT2D eigenvalue weighted by Crippen LogP contribution is -2.54. The second-order valence-corrected chi connectivity index (χ2v) is 7.29. The molecule has 1 amide bonds. The normalized spacial score (nSPS) is 16.4. The molecule has 2 aromatic carbocycles. The molecule has 138 valence electrons. The van der Waals surface area contributed by atoms with Gasteiger partial charge in [-0.2, -0.15) is 0 Å². The van der Waals surface area contributed by atoms with Crippen molar-refractivity contribution in [2.75, 3.05) is 19.8 Å². The molecule has 2 aromatic rings. The highest BCUT2D eigenvalue weighted by molar-refractivity contribution is 5.83. The zero-order valence-corrected chi connectivity index (χ0v) is 15.7. The van der Waals surface area contributed by atoms with Crippen LogP contribution in [0.5, 0.6) is 5.75 Å². The van der Waals surface area contributed by atoms with E-state index in [-0.39, 0.29) is 17.4 Å². The molecule has 0 saturated carbocycles. The number of rotatable bonds is 7. The molecule has 1 aliphatic rings. The Morgan fingerprint density at radius 1 is 1.12 bits per heavy atom. The van der Waals surface area contributed by atoms with Crippen LogP contribution in [0.15, 0.2) is 48.5 Å². The minimum Gasteiger partial charge on any atom is -0.494 e. The van der Waals surface area contributed by atoms with Crippen LogP contribution in [0.1, 0.15) is 26.3 Å². The first kappa shape index (κ1) is 18.5. The summed E-state index contributed by atoms with van der Waals surface area (Å²) in [5, 5.41) is 3.10. The predicted molar refractivity (Wildman–Crippen MR) is 103 cm³/mol. The first-order valence-electron chi connectivity index (χ1n) is 9.21. The Labute approximate surface area is 155 Å². The van der Waals surface area contributed by atoms with Crippen LogP contribution in [-0.4, -0.2) is 31.8 Å². The van der Waals surface area contributed by atoms with E-state index in [0.717, 1.165) is 12.2 Å². The molecule has 0 spiro atoms. The van der Waals surface area contributed by atoms with Gasteiger partial charge in [0.1, 0.15) is 5.75 Å². The number of hydrogen-bond donors (Lipinski definition) is 1. The maximum Gasteiger partial charge on any atom is 0.230 e. The van der Waals surface area contributed by atoms with E-state index in [2.05, 4.69) is 41.7 Å². The van der Waals surface area contributed by atoms with Gasteiger partial charge in [0.15, 0.2) is 0 Å². The molecule has 1 aliphatic heterocycles. The maximum atomic E-state index is 12.3. The highest BCUT2D eigenvalue weighted by atomic mass is 16.5. The smallest absolute Gasteiger partial charge is 0.230 e. The third-order valence-electron chi connectivity index (χ3n) is 4.76. The number of carbonyl (C=O) groups excluding carboxylic acids is 1. The minimum atomic E-state index is -0.355. The molecular weight excluding hydrogens is 326 g/mol. The first-order valence-corrected chi connectivity index (χ1v) is 9.21. The van der Waals surface area contributed by atoms with Gasteiger partial charge in [-0.25, -0.2) is 0 Å². The Morgan fingerprint density at radius 2 is 1.69 bits per heavy atom. The van der Waals surface area contributed by atoms with E-state index < -0.39 is 0 Å². The molecular formula is C22H27NO3. The molecule has 4 heteroatoms. The van der Waals surface area contributed by atoms with Crippen molar-refractivity contribution in [3.63, 3.8) is 0 Å². The largest absolute Gasteiger partial charge is 0.494 e. The van der Waals surface area contributed by atoms with Gasteiger partial charge < -0.3 is 14.8 Å². The number of hydrogen-bond acceptors (Lipinski definition) is 3. The molecule has 0 radical (unpaired) electrons. The predicted octanol–water partition coefficient (Wildman–Crippen LogP) is 3.84. The Bertz CT molecular complexity index is 733. The third kappa shape index (κ3) is 4.25. The summed E-state index contributed by atoms with van der Waals surface area (Å²) in [5.41, 5.74) is 3.19. The molecule has 1 unspecified atom stereocenters. The monoisotopic (exact) mass is 353 g/mol. The summed E-state index contributed by atoms with van der Waals surface area (Å²) in [6.07, 6.45) is 0.812. The van der Waals surface area contributed by atoms with Crippen molar-refractivity contribution in [2.24, 2.45) is 5.41 Å². The fourth-order valence-corrected chi connectivity index (χ4v) is 3.09. The summed E-state index contributed by atoms with van der Waals surface area (Å²) in [6, 6.07) is 16.7. The number of carbonyl (C=O) groups is 1. The van der Waals surface area contributed by atoms with Gasteiger partial charge in [-0.05, 0) is 56.0 Å². The van der Waals surface area contributed by atoms with E-state index in [1.807, 2.05) is 32.9 Å². The van der Waals surface area contributed by atoms with Crippen molar-refractivity contribution in [1.29, 1.82) is 0 Å². The zero-order chi connectivity index (χ0) is 18.6. The molecule has 1 saturated heterocycles. The second kappa shape index (κ2) is 7.92. The highest BCUT2D eigenvalue weighted by Crippen LogP contribution is 2.27. The Hall–Kier alpha value is -2.33. The van der Waals surface area contributed by atoms with Crippen LogP contribution < -0.4 is 10.1 Å². The molecule has 4 nitrogen and oxygen atoms in total. The van der Waals surface area contributed by atoms with Crippen LogP contribution in [0.2, 0.25) is 0 Å². The quantitative estimate of drug-likeness (QED) is 0.823. The van der Waals surface area contributed by atoms with E-state index in [9.17, 15) is 4.79 Å². The zero-order valence-electron chi connectivity index (χ0n) is 15.7. The van der Waals surface area contributed by atoms with Crippen molar-refractivity contribution in [3.8, 4) is 16.9 Å². The maximum absolute atomic E-state index is 12.3. The lowest BCUT2D eigenvalue weighted by molar-refractivity contribution is -0.158. The average molecular weight is 353 g/mol. The SMILES string of the molecule is CCOc1ccc(-c2ccc(CC(C)NC(=O)C3(C)COC3)cc2)cc1. The second-order valence-electron chi connectivity index (χ2n) is 7.29. The molecule has 3 rings (SSSR count). The van der Waals surface area contributed by atoms with E-state index in [4.69, 9.17) is 9.47 Å². The van der Waals surface area contributed by atoms with Crippen LogP contribution in [0.25, 0.3) is 11.1 Å². The average Bonchev–Trinajstić information content (AvgIpc) is 2.61. The third-order valence-corrected chi connectivity index (χ3v) is 4.76. The van der Waals surface area contributed by atoms with E-state index in [1.165, 1.54) is 16.7 Å². The number of nitrogens with one attached hydrogen (secondary N) is 1. The number of ether oxygens (including phenoxy) is 2. The highest BCUT2D eigenvalue weighted by Gasteiger charge is 2.41. The van der Waals surface area contributed by atoms with Gasteiger partial charge >= 0.3 is 0 Å². The first-order chi connectivity index (χ1) is 12.5. The van der Waals surface area contributed by atoms with Crippen LogP contribution in [0.4, 0.5) is 0 Å². The summed E-state index contributed by atoms with van der Waals surface area (Å²) in [5.74, 6) is 0.977. The molecule has 26 heavy (non-hydrogen) atoms. The molecule has 0 aromatic heterocycles. The Kier molecular flexibility index (Phi) is 5.62. The van der Waals surface area contributed by atoms with Crippen molar-refractivity contribution < 1.29 is 14.3 Å². The van der Waals surface area contributed by atoms with Crippen molar-refractivity contribution in [2.45, 2.75) is 33.2 Å². The van der Waals surface area contributed by atoms with Gasteiger partial charge in [-0.1, -0.05) is 36.4 Å². The lowest BCUT2D eigenvalue weighted by Gasteiger charge is -2.37. The minimum absolute atomic E-state index is 0.0854. The van der Waals surface area contributed by atoms with Gasteiger partial charge in [-0.15, -0.1) is 0 Å². The molecule has 1 heterocycles.